The fourth-order valence-electron chi connectivity index (χ4n) is 5.44. The van der Waals surface area contributed by atoms with Crippen molar-refractivity contribution in [3.63, 3.8) is 0 Å². The Bertz CT molecular complexity index is 1600. The van der Waals surface area contributed by atoms with Crippen molar-refractivity contribution in [3.8, 4) is 10.6 Å². The van der Waals surface area contributed by atoms with E-state index in [1.807, 2.05) is 33.0 Å². The first-order chi connectivity index (χ1) is 20.2. The van der Waals surface area contributed by atoms with Gasteiger partial charge in [0.2, 0.25) is 5.95 Å². The third-order valence-corrected chi connectivity index (χ3v) is 8.65. The Hall–Kier alpha value is -3.93. The van der Waals surface area contributed by atoms with Gasteiger partial charge in [-0.15, -0.1) is 11.3 Å². The van der Waals surface area contributed by atoms with Gasteiger partial charge in [-0.2, -0.15) is 4.98 Å². The van der Waals surface area contributed by atoms with Gasteiger partial charge < -0.3 is 21.3 Å². The molecular weight excluding hydrogens is 558 g/mol. The number of aromatic nitrogens is 4. The number of nitrogens with one attached hydrogen (secondary N) is 4. The number of aryl methyl sites for hydroxylation is 1. The lowest BCUT2D eigenvalue weighted by molar-refractivity contribution is 0.234. The molecule has 2 amide bonds. The Morgan fingerprint density at radius 1 is 1.05 bits per heavy atom. The summed E-state index contributed by atoms with van der Waals surface area (Å²) in [5, 5.41) is 13.3. The van der Waals surface area contributed by atoms with Crippen molar-refractivity contribution in [2.24, 2.45) is 0 Å². The van der Waals surface area contributed by atoms with Gasteiger partial charge in [0.1, 0.15) is 28.0 Å². The maximum atomic E-state index is 14.3. The lowest BCUT2D eigenvalue weighted by atomic mass is 10.2. The van der Waals surface area contributed by atoms with E-state index in [1.165, 1.54) is 18.2 Å². The molecule has 220 valence electrons. The number of halogens is 2. The second-order valence-corrected chi connectivity index (χ2v) is 12.4. The summed E-state index contributed by atoms with van der Waals surface area (Å²) in [6.07, 6.45) is 6.50. The summed E-state index contributed by atoms with van der Waals surface area (Å²) in [6, 6.07) is 5.75. The molecule has 3 aromatic heterocycles. The van der Waals surface area contributed by atoms with Crippen LogP contribution in [0.4, 0.5) is 25.3 Å². The molecule has 9 nitrogen and oxygen atoms in total. The number of carbonyl (C=O) groups excluding carboxylic acids is 1. The molecule has 0 radical (unpaired) electrons. The molecule has 2 fully saturated rings. The monoisotopic (exact) mass is 592 g/mol. The molecule has 4 aromatic rings. The van der Waals surface area contributed by atoms with E-state index >= 15 is 0 Å². The molecule has 0 spiro atoms. The summed E-state index contributed by atoms with van der Waals surface area (Å²) >= 11 is 1.57. The zero-order valence-corrected chi connectivity index (χ0v) is 24.6. The Balaban J connectivity index is 1.30. The number of benzene rings is 1. The molecule has 12 heteroatoms. The zero-order chi connectivity index (χ0) is 29.4. The van der Waals surface area contributed by atoms with Crippen molar-refractivity contribution in [1.82, 2.24) is 30.6 Å². The van der Waals surface area contributed by atoms with E-state index in [2.05, 4.69) is 31.2 Å². The van der Waals surface area contributed by atoms with Crippen LogP contribution < -0.4 is 21.3 Å². The van der Waals surface area contributed by atoms with E-state index < -0.39 is 11.6 Å². The van der Waals surface area contributed by atoms with E-state index in [1.54, 1.807) is 11.3 Å². The van der Waals surface area contributed by atoms with Crippen LogP contribution in [0, 0.1) is 18.6 Å². The van der Waals surface area contributed by atoms with Crippen molar-refractivity contribution < 1.29 is 13.6 Å². The number of rotatable bonds is 9. The van der Waals surface area contributed by atoms with Crippen LogP contribution in [0.15, 0.2) is 30.5 Å². The second kappa shape index (κ2) is 11.7. The van der Waals surface area contributed by atoms with Gasteiger partial charge in [0.05, 0.1) is 21.7 Å². The normalized spacial score (nSPS) is 18.4. The minimum Gasteiger partial charge on any atom is -0.366 e. The second-order valence-electron chi connectivity index (χ2n) is 11.4. The molecule has 2 aliphatic rings. The smallest absolute Gasteiger partial charge is 0.315 e. The van der Waals surface area contributed by atoms with Crippen LogP contribution in [0.1, 0.15) is 68.8 Å². The lowest BCUT2D eigenvalue weighted by Crippen LogP contribution is -2.44. The highest BCUT2D eigenvalue weighted by atomic mass is 32.1. The molecule has 2 saturated carbocycles. The Morgan fingerprint density at radius 3 is 2.55 bits per heavy atom. The van der Waals surface area contributed by atoms with Gasteiger partial charge in [-0.25, -0.2) is 23.5 Å². The molecular formula is C30H34F2N8OS. The van der Waals surface area contributed by atoms with Crippen molar-refractivity contribution in [3.05, 3.63) is 59.0 Å². The predicted molar refractivity (Wildman–Crippen MR) is 161 cm³/mol. The van der Waals surface area contributed by atoms with E-state index in [4.69, 9.17) is 9.97 Å². The number of amides is 2. The van der Waals surface area contributed by atoms with Crippen molar-refractivity contribution >= 4 is 39.4 Å². The topological polar surface area (TPSA) is 117 Å². The molecule has 6 rings (SSSR count). The predicted octanol–water partition coefficient (Wildman–Crippen LogP) is 6.27. The number of anilines is 2. The molecule has 0 saturated heterocycles. The molecule has 2 atom stereocenters. The van der Waals surface area contributed by atoms with E-state index in [0.717, 1.165) is 58.6 Å². The number of nitrogens with zero attached hydrogens (tertiary/aromatic N) is 4. The number of hydrogen-bond acceptors (Lipinski definition) is 8. The maximum absolute atomic E-state index is 14.3. The van der Waals surface area contributed by atoms with Gasteiger partial charge in [0, 0.05) is 42.3 Å². The standard InChI is InChI=1S/C30H34F2N8OS/c1-15(2)35-30(41)38-19-10-9-18(13-19)37-27-24(28-39-26-23(42-28)11-12-33-25(26)17-7-8-17)16(3)36-29(40-27)34-14-20-21(31)5-4-6-22(20)32/h4-6,11-12,15,17-19H,7-10,13-14H2,1-3H3,(H2,35,38,41)(H2,34,36,37,40). The fourth-order valence-corrected chi connectivity index (χ4v) is 6.51. The number of carbonyl (C=O) groups is 1. The minimum atomic E-state index is -0.630. The number of thiazole rings is 1. The third-order valence-electron chi connectivity index (χ3n) is 7.62. The van der Waals surface area contributed by atoms with E-state index in [9.17, 15) is 13.6 Å². The highest BCUT2D eigenvalue weighted by molar-refractivity contribution is 7.21. The van der Waals surface area contributed by atoms with Crippen LogP contribution in [0.3, 0.4) is 0 Å². The van der Waals surface area contributed by atoms with E-state index in [0.29, 0.717) is 17.4 Å². The molecule has 2 aliphatic carbocycles. The SMILES string of the molecule is Cc1nc(NCc2c(F)cccc2F)nc(NC2CCC(NC(=O)NC(C)C)C2)c1-c1nc2c(C3CC3)nccc2s1. The minimum absolute atomic E-state index is 0.0314. The van der Waals surface area contributed by atoms with Crippen LogP contribution in [-0.4, -0.2) is 44.1 Å². The summed E-state index contributed by atoms with van der Waals surface area (Å²) in [7, 11) is 0. The highest BCUT2D eigenvalue weighted by Crippen LogP contribution is 2.44. The number of urea groups is 1. The molecule has 2 unspecified atom stereocenters. The number of pyridine rings is 1. The largest absolute Gasteiger partial charge is 0.366 e. The van der Waals surface area contributed by atoms with Crippen LogP contribution in [0.25, 0.3) is 20.8 Å². The zero-order valence-electron chi connectivity index (χ0n) is 23.8. The molecule has 3 heterocycles. The first-order valence-corrected chi connectivity index (χ1v) is 15.2. The highest BCUT2D eigenvalue weighted by Gasteiger charge is 2.30. The summed E-state index contributed by atoms with van der Waals surface area (Å²) in [5.74, 6) is 0.0485. The van der Waals surface area contributed by atoms with Gasteiger partial charge in [-0.05, 0) is 71.1 Å². The summed E-state index contributed by atoms with van der Waals surface area (Å²) < 4.78 is 29.6. The first-order valence-electron chi connectivity index (χ1n) is 14.4. The summed E-state index contributed by atoms with van der Waals surface area (Å²) in [6.45, 7) is 5.64. The van der Waals surface area contributed by atoms with E-state index in [-0.39, 0.29) is 42.2 Å². The van der Waals surface area contributed by atoms with Gasteiger partial charge in [-0.1, -0.05) is 6.07 Å². The first kappa shape index (κ1) is 28.2. The van der Waals surface area contributed by atoms with Crippen molar-refractivity contribution in [2.45, 2.75) is 83.5 Å². The fraction of sp³-hybridized carbons (Fsp3) is 0.433. The quantitative estimate of drug-likeness (QED) is 0.181. The maximum Gasteiger partial charge on any atom is 0.315 e. The average molecular weight is 593 g/mol. The van der Waals surface area contributed by atoms with Crippen molar-refractivity contribution in [1.29, 1.82) is 0 Å². The summed E-state index contributed by atoms with van der Waals surface area (Å²) in [5.41, 5.74) is 3.36. The van der Waals surface area contributed by atoms with Gasteiger partial charge in [0.15, 0.2) is 0 Å². The Morgan fingerprint density at radius 2 is 1.81 bits per heavy atom. The van der Waals surface area contributed by atoms with Crippen LogP contribution in [-0.2, 0) is 6.54 Å². The number of fused-ring (bicyclic) bond motifs is 1. The molecule has 1 aromatic carbocycles. The average Bonchev–Trinajstić information content (AvgIpc) is 3.54. The molecule has 0 aliphatic heterocycles. The number of hydrogen-bond donors (Lipinski definition) is 4. The van der Waals surface area contributed by atoms with Gasteiger partial charge >= 0.3 is 6.03 Å². The summed E-state index contributed by atoms with van der Waals surface area (Å²) in [4.78, 5) is 31.4. The Labute approximate surface area is 247 Å². The van der Waals surface area contributed by atoms with Crippen molar-refractivity contribution in [2.75, 3.05) is 10.6 Å². The molecule has 42 heavy (non-hydrogen) atoms. The molecule has 4 N–H and O–H groups in total. The third kappa shape index (κ3) is 6.13. The van der Waals surface area contributed by atoms with Crippen LogP contribution in [0.2, 0.25) is 0 Å². The Kier molecular flexibility index (Phi) is 7.89. The van der Waals surface area contributed by atoms with Gasteiger partial charge in [-0.3, -0.25) is 4.98 Å². The molecule has 0 bridgehead atoms. The van der Waals surface area contributed by atoms with Crippen LogP contribution >= 0.6 is 11.3 Å². The van der Waals surface area contributed by atoms with Crippen LogP contribution in [0.5, 0.6) is 0 Å². The lowest BCUT2D eigenvalue weighted by Gasteiger charge is -2.19. The van der Waals surface area contributed by atoms with Gasteiger partial charge in [0.25, 0.3) is 0 Å².